The van der Waals surface area contributed by atoms with E-state index in [1.54, 1.807) is 18.7 Å². The topological polar surface area (TPSA) is 113 Å². The minimum atomic E-state index is -3.40. The molecule has 0 aliphatic carbocycles. The van der Waals surface area contributed by atoms with Gasteiger partial charge in [-0.05, 0) is 56.7 Å². The first-order valence-corrected chi connectivity index (χ1v) is 14.3. The van der Waals surface area contributed by atoms with Gasteiger partial charge in [-0.2, -0.15) is 0 Å². The van der Waals surface area contributed by atoms with E-state index in [2.05, 4.69) is 5.32 Å². The smallest absolute Gasteiger partial charge is 0.245 e. The molecule has 36 heavy (non-hydrogen) atoms. The molecule has 1 saturated heterocycles. The Morgan fingerprint density at radius 3 is 2.28 bits per heavy atom. The van der Waals surface area contributed by atoms with Crippen LogP contribution >= 0.6 is 0 Å². The van der Waals surface area contributed by atoms with Crippen molar-refractivity contribution in [3.8, 4) is 0 Å². The minimum Gasteiger partial charge on any atom is -0.343 e. The molecular formula is C27H36N4O4S. The molecular weight excluding hydrogens is 476 g/mol. The van der Waals surface area contributed by atoms with Crippen LogP contribution in [0.2, 0.25) is 0 Å². The molecule has 9 heteroatoms. The number of sulfonamides is 1. The molecule has 2 heterocycles. The van der Waals surface area contributed by atoms with Crippen molar-refractivity contribution in [2.24, 2.45) is 5.73 Å². The molecule has 8 nitrogen and oxygen atoms in total. The van der Waals surface area contributed by atoms with Crippen LogP contribution in [0.25, 0.3) is 0 Å². The van der Waals surface area contributed by atoms with E-state index in [1.807, 2.05) is 54.6 Å². The third-order valence-corrected chi connectivity index (χ3v) is 8.50. The Morgan fingerprint density at radius 2 is 1.67 bits per heavy atom. The summed E-state index contributed by atoms with van der Waals surface area (Å²) in [5.41, 5.74) is 7.43. The predicted molar refractivity (Wildman–Crippen MR) is 141 cm³/mol. The molecule has 2 amide bonds. The molecule has 0 radical (unpaired) electrons. The number of nitrogens with zero attached hydrogens (tertiary/aromatic N) is 2. The fourth-order valence-electron chi connectivity index (χ4n) is 5.24. The van der Waals surface area contributed by atoms with E-state index in [-0.39, 0.29) is 17.2 Å². The molecule has 2 aromatic rings. The van der Waals surface area contributed by atoms with Gasteiger partial charge in [-0.25, -0.2) is 8.42 Å². The maximum Gasteiger partial charge on any atom is 0.245 e. The van der Waals surface area contributed by atoms with E-state index >= 15 is 0 Å². The summed E-state index contributed by atoms with van der Waals surface area (Å²) in [5, 5.41) is 2.89. The molecule has 194 valence electrons. The fraction of sp³-hybridized carbons (Fsp3) is 0.481. The largest absolute Gasteiger partial charge is 0.343 e. The van der Waals surface area contributed by atoms with E-state index in [0.29, 0.717) is 45.3 Å². The molecule has 0 bridgehead atoms. The molecule has 3 N–H and O–H groups in total. The van der Waals surface area contributed by atoms with Crippen LogP contribution < -0.4 is 15.4 Å². The number of aryl methyl sites for hydroxylation is 1. The summed E-state index contributed by atoms with van der Waals surface area (Å²) in [5.74, 6) is -0.486. The highest BCUT2D eigenvalue weighted by Gasteiger charge is 2.47. The molecule has 1 atom stereocenters. The second-order valence-electron chi connectivity index (χ2n) is 10.7. The van der Waals surface area contributed by atoms with Crippen molar-refractivity contribution in [1.29, 1.82) is 0 Å². The number of fused-ring (bicyclic) bond motifs is 2. The van der Waals surface area contributed by atoms with Crippen LogP contribution in [0.15, 0.2) is 54.6 Å². The standard InChI is InChI=1S/C27H36N4O4S/c1-26(2,28)25(33)29-22(14-13-20-9-5-4-6-10-20)24(32)30-17-15-27(16-18-30)19-31(36(3,34)35)23-12-8-7-11-21(23)27/h4-12,22H,13-19,28H2,1-3H3,(H,29,33). The van der Waals surface area contributed by atoms with E-state index in [1.165, 1.54) is 10.6 Å². The lowest BCUT2D eigenvalue weighted by Gasteiger charge is -2.41. The highest BCUT2D eigenvalue weighted by atomic mass is 32.2. The summed E-state index contributed by atoms with van der Waals surface area (Å²) in [4.78, 5) is 28.1. The minimum absolute atomic E-state index is 0.121. The molecule has 4 rings (SSSR count). The van der Waals surface area contributed by atoms with Gasteiger partial charge in [0.2, 0.25) is 21.8 Å². The SMILES string of the molecule is CC(C)(N)C(=O)NC(CCc1ccccc1)C(=O)N1CCC2(CC1)CN(S(C)(=O)=O)c1ccccc12. The van der Waals surface area contributed by atoms with Crippen molar-refractivity contribution in [3.63, 3.8) is 0 Å². The Balaban J connectivity index is 1.49. The molecule has 1 unspecified atom stereocenters. The van der Waals surface area contributed by atoms with E-state index in [9.17, 15) is 18.0 Å². The van der Waals surface area contributed by atoms with Gasteiger partial charge in [0.15, 0.2) is 0 Å². The Labute approximate surface area is 213 Å². The van der Waals surface area contributed by atoms with Gasteiger partial charge in [0.25, 0.3) is 0 Å². The summed E-state index contributed by atoms with van der Waals surface area (Å²) < 4.78 is 26.4. The monoisotopic (exact) mass is 512 g/mol. The van der Waals surface area contributed by atoms with Gasteiger partial charge in [0, 0.05) is 25.0 Å². The lowest BCUT2D eigenvalue weighted by atomic mass is 9.74. The average molecular weight is 513 g/mol. The first kappa shape index (κ1) is 26.2. The zero-order chi connectivity index (χ0) is 26.1. The highest BCUT2D eigenvalue weighted by molar-refractivity contribution is 7.92. The van der Waals surface area contributed by atoms with Gasteiger partial charge in [-0.3, -0.25) is 13.9 Å². The summed E-state index contributed by atoms with van der Waals surface area (Å²) in [6, 6.07) is 16.8. The van der Waals surface area contributed by atoms with Crippen LogP contribution in [0.5, 0.6) is 0 Å². The molecule has 1 fully saturated rings. The first-order chi connectivity index (χ1) is 16.9. The lowest BCUT2D eigenvalue weighted by Crippen LogP contribution is -2.58. The van der Waals surface area contributed by atoms with E-state index < -0.39 is 21.6 Å². The van der Waals surface area contributed by atoms with Gasteiger partial charge in [0.1, 0.15) is 6.04 Å². The van der Waals surface area contributed by atoms with Gasteiger partial charge in [0.05, 0.1) is 17.5 Å². The summed E-state index contributed by atoms with van der Waals surface area (Å²) in [6.45, 7) is 4.62. The number of anilines is 1. The van der Waals surface area contributed by atoms with Gasteiger partial charge in [-0.15, -0.1) is 0 Å². The third kappa shape index (κ3) is 5.42. The van der Waals surface area contributed by atoms with E-state index in [0.717, 1.165) is 16.8 Å². The number of hydrogen-bond acceptors (Lipinski definition) is 5. The van der Waals surface area contributed by atoms with Crippen LogP contribution in [0.1, 0.15) is 44.2 Å². The maximum absolute atomic E-state index is 13.6. The summed E-state index contributed by atoms with van der Waals surface area (Å²) >= 11 is 0. The number of para-hydroxylation sites is 1. The third-order valence-electron chi connectivity index (χ3n) is 7.38. The lowest BCUT2D eigenvalue weighted by molar-refractivity contribution is -0.138. The van der Waals surface area contributed by atoms with E-state index in [4.69, 9.17) is 5.73 Å². The zero-order valence-electron chi connectivity index (χ0n) is 21.2. The van der Waals surface area contributed by atoms with Crippen molar-refractivity contribution in [2.75, 3.05) is 30.2 Å². The van der Waals surface area contributed by atoms with Gasteiger partial charge in [-0.1, -0.05) is 48.5 Å². The number of carbonyl (C=O) groups excluding carboxylic acids is 2. The number of nitrogens with one attached hydrogen (secondary N) is 1. The highest BCUT2D eigenvalue weighted by Crippen LogP contribution is 2.47. The number of hydrogen-bond donors (Lipinski definition) is 2. The Bertz CT molecular complexity index is 1220. The van der Waals surface area contributed by atoms with Crippen LogP contribution in [0.3, 0.4) is 0 Å². The summed E-state index contributed by atoms with van der Waals surface area (Å²) in [7, 11) is -3.40. The zero-order valence-corrected chi connectivity index (χ0v) is 22.1. The molecule has 2 aliphatic heterocycles. The Hall–Kier alpha value is -2.91. The second-order valence-corrected chi connectivity index (χ2v) is 12.6. The van der Waals surface area contributed by atoms with Crippen LogP contribution in [-0.4, -0.2) is 62.6 Å². The van der Waals surface area contributed by atoms with Crippen LogP contribution in [0.4, 0.5) is 5.69 Å². The second kappa shape index (κ2) is 9.86. The number of amides is 2. The Kier molecular flexibility index (Phi) is 7.16. The molecule has 0 saturated carbocycles. The predicted octanol–water partition coefficient (Wildman–Crippen LogP) is 2.18. The van der Waals surface area contributed by atoms with Crippen molar-refractivity contribution in [3.05, 3.63) is 65.7 Å². The number of benzene rings is 2. The quantitative estimate of drug-likeness (QED) is 0.591. The van der Waals surface area contributed by atoms with Crippen molar-refractivity contribution >= 4 is 27.5 Å². The molecule has 0 aromatic heterocycles. The number of piperidine rings is 1. The number of likely N-dealkylation sites (tertiary alicyclic amines) is 1. The van der Waals surface area contributed by atoms with Gasteiger partial charge < -0.3 is 16.0 Å². The normalized spacial score (nSPS) is 18.1. The van der Waals surface area contributed by atoms with Gasteiger partial charge >= 0.3 is 0 Å². The first-order valence-electron chi connectivity index (χ1n) is 12.4. The van der Waals surface area contributed by atoms with Crippen LogP contribution in [0, 0.1) is 0 Å². The summed E-state index contributed by atoms with van der Waals surface area (Å²) in [6.07, 6.45) is 3.67. The maximum atomic E-state index is 13.6. The van der Waals surface area contributed by atoms with Crippen molar-refractivity contribution < 1.29 is 18.0 Å². The van der Waals surface area contributed by atoms with Crippen molar-refractivity contribution in [1.82, 2.24) is 10.2 Å². The molecule has 1 spiro atoms. The number of rotatable bonds is 7. The Morgan fingerprint density at radius 1 is 1.06 bits per heavy atom. The number of nitrogens with two attached hydrogens (primary N) is 1. The molecule has 2 aliphatic rings. The molecule has 2 aromatic carbocycles. The average Bonchev–Trinajstić information content (AvgIpc) is 3.16. The van der Waals surface area contributed by atoms with Crippen molar-refractivity contribution in [2.45, 2.75) is 56.5 Å². The van der Waals surface area contributed by atoms with Crippen LogP contribution in [-0.2, 0) is 31.4 Å². The number of carbonyl (C=O) groups is 2. The fourth-order valence-corrected chi connectivity index (χ4v) is 6.24.